The maximum absolute atomic E-state index is 13.1. The number of anilines is 1. The third-order valence-electron chi connectivity index (χ3n) is 1.70. The molecule has 2 aromatic rings. The summed E-state index contributed by atoms with van der Waals surface area (Å²) in [5.74, 6) is -1.36. The molecule has 0 spiro atoms. The third-order valence-corrected chi connectivity index (χ3v) is 2.48. The van der Waals surface area contributed by atoms with Crippen LogP contribution in [0, 0.1) is 11.6 Å². The fourth-order valence-electron chi connectivity index (χ4n) is 1.04. The van der Waals surface area contributed by atoms with Gasteiger partial charge in [-0.1, -0.05) is 0 Å². The van der Waals surface area contributed by atoms with E-state index in [1.807, 2.05) is 5.38 Å². The van der Waals surface area contributed by atoms with E-state index in [0.29, 0.717) is 6.54 Å². The minimum Gasteiger partial charge on any atom is -0.361 e. The first-order valence-corrected chi connectivity index (χ1v) is 5.07. The fraction of sp³-hybridized carbons (Fsp3) is 0.111. The Labute approximate surface area is 88.8 Å². The van der Waals surface area contributed by atoms with E-state index in [9.17, 15) is 8.78 Å². The van der Waals surface area contributed by atoms with E-state index in [1.54, 1.807) is 6.20 Å². The average molecular weight is 227 g/mol. The lowest BCUT2D eigenvalue weighted by Gasteiger charge is -2.03. The van der Waals surface area contributed by atoms with Gasteiger partial charge in [-0.2, -0.15) is 0 Å². The van der Waals surface area contributed by atoms with Crippen LogP contribution in [0.15, 0.2) is 23.8 Å². The van der Waals surface area contributed by atoms with Crippen molar-refractivity contribution in [2.24, 2.45) is 0 Å². The molecule has 0 aliphatic heterocycles. The van der Waals surface area contributed by atoms with Gasteiger partial charge in [0.2, 0.25) is 0 Å². The molecule has 0 atom stereocenters. The van der Waals surface area contributed by atoms with Gasteiger partial charge in [-0.05, 0) is 0 Å². The van der Waals surface area contributed by atoms with Crippen molar-refractivity contribution >= 4 is 17.2 Å². The van der Waals surface area contributed by atoms with Gasteiger partial charge >= 0.3 is 0 Å². The minimum absolute atomic E-state index is 0.0339. The summed E-state index contributed by atoms with van der Waals surface area (Å²) in [4.78, 5) is 7.60. The van der Waals surface area contributed by atoms with E-state index in [4.69, 9.17) is 0 Å². The second-order valence-electron chi connectivity index (χ2n) is 2.76. The molecule has 0 aromatic carbocycles. The Bertz CT molecular complexity index is 445. The van der Waals surface area contributed by atoms with E-state index in [0.717, 1.165) is 17.3 Å². The molecule has 15 heavy (non-hydrogen) atoms. The number of rotatable bonds is 3. The summed E-state index contributed by atoms with van der Waals surface area (Å²) >= 11 is 1.45. The maximum Gasteiger partial charge on any atom is 0.168 e. The molecule has 0 aliphatic rings. The lowest BCUT2D eigenvalue weighted by molar-refractivity contribution is 0.575. The highest BCUT2D eigenvalue weighted by molar-refractivity contribution is 7.09. The molecule has 1 N–H and O–H groups in total. The average Bonchev–Trinajstić information content (AvgIpc) is 2.69. The SMILES string of the molecule is Fc1cnc(NCc2nccs2)c(F)c1. The molecule has 0 aliphatic carbocycles. The molecule has 6 heteroatoms. The van der Waals surface area contributed by atoms with E-state index in [2.05, 4.69) is 15.3 Å². The van der Waals surface area contributed by atoms with Gasteiger partial charge in [-0.25, -0.2) is 18.7 Å². The normalized spacial score (nSPS) is 10.3. The zero-order valence-corrected chi connectivity index (χ0v) is 8.39. The zero-order valence-electron chi connectivity index (χ0n) is 7.58. The number of nitrogens with zero attached hydrogens (tertiary/aromatic N) is 2. The number of hydrogen-bond donors (Lipinski definition) is 1. The standard InChI is InChI=1S/C9H7F2N3S/c10-6-3-7(11)9(13-4-6)14-5-8-12-1-2-15-8/h1-4H,5H2,(H,13,14). The van der Waals surface area contributed by atoms with Crippen LogP contribution in [0.2, 0.25) is 0 Å². The van der Waals surface area contributed by atoms with Crippen molar-refractivity contribution in [2.45, 2.75) is 6.54 Å². The van der Waals surface area contributed by atoms with Crippen molar-refractivity contribution in [3.8, 4) is 0 Å². The highest BCUT2D eigenvalue weighted by Gasteiger charge is 2.05. The van der Waals surface area contributed by atoms with Gasteiger partial charge in [0.25, 0.3) is 0 Å². The first-order valence-electron chi connectivity index (χ1n) is 4.19. The third kappa shape index (κ3) is 2.47. The molecule has 2 rings (SSSR count). The molecule has 78 valence electrons. The summed E-state index contributed by atoms with van der Waals surface area (Å²) in [5.41, 5.74) is 0. The Morgan fingerprint density at radius 3 is 2.87 bits per heavy atom. The van der Waals surface area contributed by atoms with Crippen LogP contribution in [-0.2, 0) is 6.54 Å². The van der Waals surface area contributed by atoms with Gasteiger partial charge < -0.3 is 5.32 Å². The van der Waals surface area contributed by atoms with Crippen LogP contribution < -0.4 is 5.32 Å². The van der Waals surface area contributed by atoms with Crippen molar-refractivity contribution in [2.75, 3.05) is 5.32 Å². The van der Waals surface area contributed by atoms with Crippen molar-refractivity contribution in [3.05, 3.63) is 40.5 Å². The molecular weight excluding hydrogens is 220 g/mol. The maximum atomic E-state index is 13.1. The number of aromatic nitrogens is 2. The second kappa shape index (κ2) is 4.31. The monoisotopic (exact) mass is 227 g/mol. The van der Waals surface area contributed by atoms with E-state index in [-0.39, 0.29) is 5.82 Å². The second-order valence-corrected chi connectivity index (χ2v) is 3.74. The summed E-state index contributed by atoms with van der Waals surface area (Å²) in [7, 11) is 0. The van der Waals surface area contributed by atoms with Gasteiger partial charge in [-0.15, -0.1) is 11.3 Å². The number of pyridine rings is 1. The summed E-state index contributed by atoms with van der Waals surface area (Å²) in [6, 6.07) is 0.789. The Hall–Kier alpha value is -1.56. The topological polar surface area (TPSA) is 37.8 Å². The Morgan fingerprint density at radius 1 is 1.33 bits per heavy atom. The molecule has 0 radical (unpaired) electrons. The Kier molecular flexibility index (Phi) is 2.86. The van der Waals surface area contributed by atoms with Crippen LogP contribution >= 0.6 is 11.3 Å². The van der Waals surface area contributed by atoms with Crippen LogP contribution in [0.25, 0.3) is 0 Å². The first kappa shape index (κ1) is 9.97. The summed E-state index contributed by atoms with van der Waals surface area (Å²) in [6.45, 7) is 0.382. The Morgan fingerprint density at radius 2 is 2.20 bits per heavy atom. The first-order chi connectivity index (χ1) is 7.25. The predicted octanol–water partition coefficient (Wildman–Crippen LogP) is 2.43. The fourth-order valence-corrected chi connectivity index (χ4v) is 1.60. The lowest BCUT2D eigenvalue weighted by atomic mass is 10.4. The van der Waals surface area contributed by atoms with Gasteiger partial charge in [0.15, 0.2) is 11.6 Å². The predicted molar refractivity (Wildman–Crippen MR) is 53.6 cm³/mol. The molecular formula is C9H7F2N3S. The molecule has 0 unspecified atom stereocenters. The summed E-state index contributed by atoms with van der Waals surface area (Å²) in [6.07, 6.45) is 2.63. The lowest BCUT2D eigenvalue weighted by Crippen LogP contribution is -2.03. The van der Waals surface area contributed by atoms with Crippen molar-refractivity contribution in [1.29, 1.82) is 0 Å². The van der Waals surface area contributed by atoms with Gasteiger partial charge in [0.1, 0.15) is 10.8 Å². The summed E-state index contributed by atoms with van der Waals surface area (Å²) < 4.78 is 25.6. The molecule has 0 saturated heterocycles. The van der Waals surface area contributed by atoms with Gasteiger partial charge in [0.05, 0.1) is 12.7 Å². The Balaban J connectivity index is 2.05. The molecule has 0 fully saturated rings. The molecule has 0 amide bonds. The molecule has 2 aromatic heterocycles. The molecule has 0 bridgehead atoms. The molecule has 2 heterocycles. The minimum atomic E-state index is -0.702. The van der Waals surface area contributed by atoms with Crippen molar-refractivity contribution in [3.63, 3.8) is 0 Å². The van der Waals surface area contributed by atoms with Crippen molar-refractivity contribution < 1.29 is 8.78 Å². The summed E-state index contributed by atoms with van der Waals surface area (Å²) in [5, 5.41) is 5.38. The van der Waals surface area contributed by atoms with Crippen LogP contribution in [0.5, 0.6) is 0 Å². The van der Waals surface area contributed by atoms with Crippen LogP contribution in [0.4, 0.5) is 14.6 Å². The van der Waals surface area contributed by atoms with Crippen molar-refractivity contribution in [1.82, 2.24) is 9.97 Å². The number of halogens is 2. The highest BCUT2D eigenvalue weighted by Crippen LogP contribution is 2.13. The largest absolute Gasteiger partial charge is 0.361 e. The smallest absolute Gasteiger partial charge is 0.168 e. The van der Waals surface area contributed by atoms with E-state index in [1.165, 1.54) is 11.3 Å². The zero-order chi connectivity index (χ0) is 10.7. The van der Waals surface area contributed by atoms with Gasteiger partial charge in [-0.3, -0.25) is 0 Å². The van der Waals surface area contributed by atoms with Crippen LogP contribution in [-0.4, -0.2) is 9.97 Å². The molecule has 3 nitrogen and oxygen atoms in total. The number of nitrogens with one attached hydrogen (secondary N) is 1. The van der Waals surface area contributed by atoms with Crippen LogP contribution in [0.3, 0.4) is 0 Å². The molecule has 0 saturated carbocycles. The van der Waals surface area contributed by atoms with Crippen LogP contribution in [0.1, 0.15) is 5.01 Å². The van der Waals surface area contributed by atoms with E-state index < -0.39 is 11.6 Å². The number of thiazole rings is 1. The van der Waals surface area contributed by atoms with E-state index >= 15 is 0 Å². The highest BCUT2D eigenvalue weighted by atomic mass is 32.1. The van der Waals surface area contributed by atoms with Gasteiger partial charge in [0, 0.05) is 17.6 Å². The number of hydrogen-bond acceptors (Lipinski definition) is 4. The quantitative estimate of drug-likeness (QED) is 0.875.